The lowest BCUT2D eigenvalue weighted by Gasteiger charge is -2.00. The Labute approximate surface area is 150 Å². The molecule has 4 nitrogen and oxygen atoms in total. The van der Waals surface area contributed by atoms with Gasteiger partial charge in [-0.3, -0.25) is 4.79 Å². The van der Waals surface area contributed by atoms with E-state index in [-0.39, 0.29) is 11.7 Å². The van der Waals surface area contributed by atoms with Gasteiger partial charge in [0.05, 0.1) is 21.1 Å². The third-order valence-corrected chi connectivity index (χ3v) is 5.67. The molecule has 120 valence electrons. The summed E-state index contributed by atoms with van der Waals surface area (Å²) in [6.07, 6.45) is 0. The summed E-state index contributed by atoms with van der Waals surface area (Å²) in [4.78, 5) is 17.7. The van der Waals surface area contributed by atoms with Crippen LogP contribution >= 0.6 is 34.3 Å². The van der Waals surface area contributed by atoms with E-state index in [2.05, 4.69) is 10.3 Å². The van der Waals surface area contributed by atoms with Gasteiger partial charge in [0.2, 0.25) is 0 Å². The normalized spacial score (nSPS) is 11.0. The highest BCUT2D eigenvalue weighted by molar-refractivity contribution is 7.21. The van der Waals surface area contributed by atoms with E-state index in [1.807, 2.05) is 36.4 Å². The molecule has 0 fully saturated rings. The van der Waals surface area contributed by atoms with Crippen molar-refractivity contribution in [3.05, 3.63) is 63.5 Å². The second kappa shape index (κ2) is 6.39. The highest BCUT2D eigenvalue weighted by atomic mass is 35.5. The van der Waals surface area contributed by atoms with Crippen LogP contribution in [-0.4, -0.2) is 10.9 Å². The SMILES string of the molecule is O=C(NCc1ccc(Cl)s1)c1ccc(-c2nc3ccccc3s2)o1. The van der Waals surface area contributed by atoms with Crippen LogP contribution in [0.3, 0.4) is 0 Å². The van der Waals surface area contributed by atoms with Crippen molar-refractivity contribution < 1.29 is 9.21 Å². The van der Waals surface area contributed by atoms with Gasteiger partial charge < -0.3 is 9.73 Å². The number of para-hydroxylation sites is 1. The lowest BCUT2D eigenvalue weighted by molar-refractivity contribution is 0.0924. The predicted octanol–water partition coefficient (Wildman–Crippen LogP) is 5.20. The molecule has 24 heavy (non-hydrogen) atoms. The molecule has 0 atom stereocenters. The van der Waals surface area contributed by atoms with Gasteiger partial charge >= 0.3 is 0 Å². The van der Waals surface area contributed by atoms with E-state index >= 15 is 0 Å². The molecule has 0 aliphatic heterocycles. The maximum atomic E-state index is 12.2. The van der Waals surface area contributed by atoms with Gasteiger partial charge in [0.15, 0.2) is 16.5 Å². The molecule has 0 spiro atoms. The number of hydrogen-bond donors (Lipinski definition) is 1. The quantitative estimate of drug-likeness (QED) is 0.534. The monoisotopic (exact) mass is 374 g/mol. The number of amides is 1. The van der Waals surface area contributed by atoms with E-state index in [0.717, 1.165) is 20.1 Å². The van der Waals surface area contributed by atoms with Gasteiger partial charge in [-0.1, -0.05) is 23.7 Å². The smallest absolute Gasteiger partial charge is 0.287 e. The fourth-order valence-corrected chi connectivity index (χ4v) is 4.21. The van der Waals surface area contributed by atoms with Gasteiger partial charge in [-0.15, -0.1) is 22.7 Å². The van der Waals surface area contributed by atoms with Crippen LogP contribution in [0.4, 0.5) is 0 Å². The molecule has 0 bridgehead atoms. The number of fused-ring (bicyclic) bond motifs is 1. The summed E-state index contributed by atoms with van der Waals surface area (Å²) in [5, 5.41) is 3.59. The number of carbonyl (C=O) groups excluding carboxylic acids is 1. The Kier molecular flexibility index (Phi) is 4.10. The molecule has 1 aromatic carbocycles. The van der Waals surface area contributed by atoms with E-state index in [1.54, 1.807) is 12.1 Å². The minimum absolute atomic E-state index is 0.258. The number of carbonyl (C=O) groups is 1. The fourth-order valence-electron chi connectivity index (χ4n) is 2.25. The van der Waals surface area contributed by atoms with Crippen molar-refractivity contribution >= 4 is 50.4 Å². The molecule has 0 unspecified atom stereocenters. The van der Waals surface area contributed by atoms with Crippen molar-refractivity contribution in [3.8, 4) is 10.8 Å². The van der Waals surface area contributed by atoms with Crippen LogP contribution in [0.15, 0.2) is 52.9 Å². The maximum Gasteiger partial charge on any atom is 0.287 e. The minimum Gasteiger partial charge on any atom is -0.448 e. The van der Waals surface area contributed by atoms with Crippen LogP contribution < -0.4 is 5.32 Å². The third kappa shape index (κ3) is 3.08. The van der Waals surface area contributed by atoms with Gasteiger partial charge in [0.25, 0.3) is 5.91 Å². The van der Waals surface area contributed by atoms with Gasteiger partial charge in [-0.2, -0.15) is 0 Å². The van der Waals surface area contributed by atoms with E-state index in [4.69, 9.17) is 16.0 Å². The molecule has 4 aromatic rings. The second-order valence-electron chi connectivity index (χ2n) is 5.04. The highest BCUT2D eigenvalue weighted by Crippen LogP contribution is 2.31. The second-order valence-corrected chi connectivity index (χ2v) is 7.87. The maximum absolute atomic E-state index is 12.2. The van der Waals surface area contributed by atoms with E-state index in [0.29, 0.717) is 16.6 Å². The zero-order chi connectivity index (χ0) is 16.5. The Balaban J connectivity index is 1.50. The van der Waals surface area contributed by atoms with Crippen molar-refractivity contribution in [2.75, 3.05) is 0 Å². The molecule has 3 heterocycles. The van der Waals surface area contributed by atoms with Crippen LogP contribution in [0, 0.1) is 0 Å². The number of nitrogens with zero attached hydrogens (tertiary/aromatic N) is 1. The zero-order valence-corrected chi connectivity index (χ0v) is 14.7. The molecule has 1 amide bonds. The van der Waals surface area contributed by atoms with Crippen LogP contribution in [0.5, 0.6) is 0 Å². The number of thiazole rings is 1. The number of hydrogen-bond acceptors (Lipinski definition) is 5. The molecule has 4 rings (SSSR count). The van der Waals surface area contributed by atoms with Gasteiger partial charge in [-0.25, -0.2) is 4.98 Å². The Morgan fingerprint density at radius 3 is 2.79 bits per heavy atom. The van der Waals surface area contributed by atoms with Crippen LogP contribution in [0.25, 0.3) is 21.0 Å². The molecule has 0 aliphatic carbocycles. The number of aromatic nitrogens is 1. The molecular weight excluding hydrogens is 364 g/mol. The Morgan fingerprint density at radius 1 is 1.12 bits per heavy atom. The fraction of sp³-hybridized carbons (Fsp3) is 0.0588. The van der Waals surface area contributed by atoms with Gasteiger partial charge in [-0.05, 0) is 36.4 Å². The number of halogens is 1. The molecule has 0 saturated heterocycles. The first kappa shape index (κ1) is 15.4. The number of nitrogens with one attached hydrogen (secondary N) is 1. The Morgan fingerprint density at radius 2 is 2.00 bits per heavy atom. The van der Waals surface area contributed by atoms with Crippen molar-refractivity contribution in [1.29, 1.82) is 0 Å². The zero-order valence-electron chi connectivity index (χ0n) is 12.3. The summed E-state index contributed by atoms with van der Waals surface area (Å²) in [7, 11) is 0. The molecule has 0 saturated carbocycles. The van der Waals surface area contributed by atoms with Crippen molar-refractivity contribution in [3.63, 3.8) is 0 Å². The first-order valence-electron chi connectivity index (χ1n) is 7.17. The number of furan rings is 1. The summed E-state index contributed by atoms with van der Waals surface area (Å²) in [5.41, 5.74) is 0.925. The van der Waals surface area contributed by atoms with Crippen LogP contribution in [0.2, 0.25) is 4.34 Å². The average molecular weight is 375 g/mol. The van der Waals surface area contributed by atoms with Gasteiger partial charge in [0, 0.05) is 4.88 Å². The third-order valence-electron chi connectivity index (χ3n) is 3.39. The van der Waals surface area contributed by atoms with Gasteiger partial charge in [0.1, 0.15) is 0 Å². The van der Waals surface area contributed by atoms with Crippen molar-refractivity contribution in [2.24, 2.45) is 0 Å². The Hall–Kier alpha value is -2.15. The standard InChI is InChI=1S/C17H11ClN2O2S2/c18-15-8-5-10(23-15)9-19-16(21)12-6-7-13(22-12)17-20-11-3-1-2-4-14(11)24-17/h1-8H,9H2,(H,19,21). The van der Waals surface area contributed by atoms with Crippen molar-refractivity contribution in [1.82, 2.24) is 10.3 Å². The molecule has 1 N–H and O–H groups in total. The molecule has 7 heteroatoms. The summed E-state index contributed by atoms with van der Waals surface area (Å²) < 4.78 is 7.46. The predicted molar refractivity (Wildman–Crippen MR) is 97.8 cm³/mol. The summed E-state index contributed by atoms with van der Waals surface area (Å²) in [5.74, 6) is 0.610. The van der Waals surface area contributed by atoms with E-state index in [1.165, 1.54) is 22.7 Å². The Bertz CT molecular complexity index is 985. The summed E-state index contributed by atoms with van der Waals surface area (Å²) >= 11 is 8.86. The molecule has 0 aliphatic rings. The first-order chi connectivity index (χ1) is 11.7. The number of thiophene rings is 1. The van der Waals surface area contributed by atoms with Crippen molar-refractivity contribution in [2.45, 2.75) is 6.54 Å². The van der Waals surface area contributed by atoms with Crippen LogP contribution in [-0.2, 0) is 6.54 Å². The highest BCUT2D eigenvalue weighted by Gasteiger charge is 2.15. The number of benzene rings is 1. The largest absolute Gasteiger partial charge is 0.448 e. The van der Waals surface area contributed by atoms with E-state index in [9.17, 15) is 4.79 Å². The summed E-state index contributed by atoms with van der Waals surface area (Å²) in [6, 6.07) is 15.0. The average Bonchev–Trinajstić information content (AvgIpc) is 3.31. The van der Waals surface area contributed by atoms with E-state index < -0.39 is 0 Å². The molecule has 0 radical (unpaired) electrons. The number of rotatable bonds is 4. The molecule has 3 aromatic heterocycles. The van der Waals surface area contributed by atoms with Crippen LogP contribution in [0.1, 0.15) is 15.4 Å². The lowest BCUT2D eigenvalue weighted by atomic mass is 10.3. The lowest BCUT2D eigenvalue weighted by Crippen LogP contribution is -2.21. The minimum atomic E-state index is -0.258. The molecular formula is C17H11ClN2O2S2. The first-order valence-corrected chi connectivity index (χ1v) is 9.18. The summed E-state index contributed by atoms with van der Waals surface area (Å²) in [6.45, 7) is 0.424. The topological polar surface area (TPSA) is 55.1 Å².